The van der Waals surface area contributed by atoms with Crippen LogP contribution in [-0.4, -0.2) is 39.7 Å². The number of nitrogens with one attached hydrogen (secondary N) is 2. The number of imidazole rings is 1. The summed E-state index contributed by atoms with van der Waals surface area (Å²) in [7, 11) is 0. The molecule has 0 saturated carbocycles. The standard InChI is InChI=1S/C18H20ClN5O/c1-11-21-15(12-5-7-25-10-12)9-18(22-11)20-6-4-17-23-14-3-2-13(19)8-16(14)24-17/h2-3,8-9,12H,4-7,10H2,1H3,(H,23,24)(H,20,21,22). The number of H-pyrrole nitrogens is 1. The van der Waals surface area contributed by atoms with E-state index in [-0.39, 0.29) is 0 Å². The number of aryl methyl sites for hydroxylation is 1. The van der Waals surface area contributed by atoms with Gasteiger partial charge in [0.2, 0.25) is 0 Å². The van der Waals surface area contributed by atoms with Gasteiger partial charge in [-0.1, -0.05) is 11.6 Å². The molecular weight excluding hydrogens is 338 g/mol. The van der Waals surface area contributed by atoms with Crippen LogP contribution in [0.2, 0.25) is 5.02 Å². The summed E-state index contributed by atoms with van der Waals surface area (Å²) in [5, 5.41) is 4.08. The van der Waals surface area contributed by atoms with E-state index in [0.717, 1.165) is 66.8 Å². The van der Waals surface area contributed by atoms with E-state index in [0.29, 0.717) is 10.9 Å². The largest absolute Gasteiger partial charge is 0.381 e. The van der Waals surface area contributed by atoms with Gasteiger partial charge < -0.3 is 15.0 Å². The second-order valence-electron chi connectivity index (χ2n) is 6.31. The highest BCUT2D eigenvalue weighted by molar-refractivity contribution is 6.31. The summed E-state index contributed by atoms with van der Waals surface area (Å²) in [6, 6.07) is 7.70. The van der Waals surface area contributed by atoms with E-state index in [1.165, 1.54) is 0 Å². The second kappa shape index (κ2) is 6.98. The molecule has 0 radical (unpaired) electrons. The van der Waals surface area contributed by atoms with Crippen LogP contribution in [0.3, 0.4) is 0 Å². The van der Waals surface area contributed by atoms with Crippen molar-refractivity contribution in [2.45, 2.75) is 25.7 Å². The first-order valence-corrected chi connectivity index (χ1v) is 8.86. The lowest BCUT2D eigenvalue weighted by Crippen LogP contribution is -2.10. The van der Waals surface area contributed by atoms with Crippen LogP contribution in [0.15, 0.2) is 24.3 Å². The number of hydrogen-bond acceptors (Lipinski definition) is 5. The predicted octanol–water partition coefficient (Wildman–Crippen LogP) is 3.47. The Bertz CT molecular complexity index is 888. The minimum absolute atomic E-state index is 0.377. The molecule has 1 atom stereocenters. The average molecular weight is 358 g/mol. The number of hydrogen-bond donors (Lipinski definition) is 2. The van der Waals surface area contributed by atoms with Crippen LogP contribution in [0.4, 0.5) is 5.82 Å². The van der Waals surface area contributed by atoms with Crippen LogP contribution in [0.1, 0.15) is 29.7 Å². The molecule has 0 spiro atoms. The van der Waals surface area contributed by atoms with Gasteiger partial charge in [-0.05, 0) is 31.5 Å². The van der Waals surface area contributed by atoms with Gasteiger partial charge in [-0.2, -0.15) is 0 Å². The van der Waals surface area contributed by atoms with Gasteiger partial charge in [0, 0.05) is 36.6 Å². The van der Waals surface area contributed by atoms with E-state index in [1.54, 1.807) is 0 Å². The number of aromatic amines is 1. The molecule has 4 rings (SSSR count). The van der Waals surface area contributed by atoms with Gasteiger partial charge in [0.05, 0.1) is 23.3 Å². The second-order valence-corrected chi connectivity index (χ2v) is 6.74. The molecule has 3 heterocycles. The van der Waals surface area contributed by atoms with Crippen molar-refractivity contribution in [1.29, 1.82) is 0 Å². The van der Waals surface area contributed by atoms with Crippen LogP contribution in [0.25, 0.3) is 11.0 Å². The molecule has 1 aliphatic heterocycles. The smallest absolute Gasteiger partial charge is 0.129 e. The fourth-order valence-corrected chi connectivity index (χ4v) is 3.29. The fourth-order valence-electron chi connectivity index (χ4n) is 3.12. The van der Waals surface area contributed by atoms with Crippen molar-refractivity contribution < 1.29 is 4.74 Å². The third kappa shape index (κ3) is 3.75. The minimum atomic E-state index is 0.377. The zero-order chi connectivity index (χ0) is 17.2. The summed E-state index contributed by atoms with van der Waals surface area (Å²) < 4.78 is 5.46. The van der Waals surface area contributed by atoms with Crippen LogP contribution in [0.5, 0.6) is 0 Å². The first kappa shape index (κ1) is 16.3. The zero-order valence-corrected chi connectivity index (χ0v) is 14.8. The van der Waals surface area contributed by atoms with Crippen LogP contribution >= 0.6 is 11.6 Å². The molecule has 1 fully saturated rings. The zero-order valence-electron chi connectivity index (χ0n) is 14.1. The maximum atomic E-state index is 6.01. The summed E-state index contributed by atoms with van der Waals surface area (Å²) in [5.41, 5.74) is 2.95. The summed E-state index contributed by atoms with van der Waals surface area (Å²) in [6.07, 6.45) is 1.80. The van der Waals surface area contributed by atoms with Gasteiger partial charge in [-0.3, -0.25) is 0 Å². The summed E-state index contributed by atoms with van der Waals surface area (Å²) in [4.78, 5) is 16.9. The molecule has 0 amide bonds. The lowest BCUT2D eigenvalue weighted by Gasteiger charge is -2.11. The molecule has 130 valence electrons. The topological polar surface area (TPSA) is 75.7 Å². The van der Waals surface area contributed by atoms with Gasteiger partial charge in [-0.25, -0.2) is 15.0 Å². The van der Waals surface area contributed by atoms with Gasteiger partial charge in [0.1, 0.15) is 17.5 Å². The summed E-state index contributed by atoms with van der Waals surface area (Å²) in [5.74, 6) is 2.95. The van der Waals surface area contributed by atoms with Crippen molar-refractivity contribution in [2.75, 3.05) is 25.1 Å². The van der Waals surface area contributed by atoms with Gasteiger partial charge >= 0.3 is 0 Å². The SMILES string of the molecule is Cc1nc(NCCc2nc3ccc(Cl)cc3[nH]2)cc(C2CCOC2)n1. The number of halogens is 1. The van der Waals surface area contributed by atoms with Gasteiger partial charge in [-0.15, -0.1) is 0 Å². The molecule has 7 heteroatoms. The molecular formula is C18H20ClN5O. The van der Waals surface area contributed by atoms with Crippen molar-refractivity contribution in [1.82, 2.24) is 19.9 Å². The Hall–Kier alpha value is -2.18. The Morgan fingerprint density at radius 2 is 2.20 bits per heavy atom. The first-order valence-electron chi connectivity index (χ1n) is 8.49. The van der Waals surface area contributed by atoms with Crippen LogP contribution < -0.4 is 5.32 Å². The highest BCUT2D eigenvalue weighted by atomic mass is 35.5. The number of anilines is 1. The normalized spacial score (nSPS) is 17.3. The van der Waals surface area contributed by atoms with E-state index in [2.05, 4.69) is 25.3 Å². The number of fused-ring (bicyclic) bond motifs is 1. The average Bonchev–Trinajstić information content (AvgIpc) is 3.23. The molecule has 1 unspecified atom stereocenters. The highest BCUT2D eigenvalue weighted by Crippen LogP contribution is 2.25. The van der Waals surface area contributed by atoms with Crippen molar-refractivity contribution in [3.8, 4) is 0 Å². The fraction of sp³-hybridized carbons (Fsp3) is 0.389. The maximum absolute atomic E-state index is 6.01. The Morgan fingerprint density at radius 1 is 1.28 bits per heavy atom. The molecule has 1 saturated heterocycles. The van der Waals surface area contributed by atoms with E-state index in [4.69, 9.17) is 16.3 Å². The minimum Gasteiger partial charge on any atom is -0.381 e. The number of ether oxygens (including phenoxy) is 1. The monoisotopic (exact) mass is 357 g/mol. The third-order valence-corrected chi connectivity index (χ3v) is 4.60. The van der Waals surface area contributed by atoms with Gasteiger partial charge in [0.15, 0.2) is 0 Å². The highest BCUT2D eigenvalue weighted by Gasteiger charge is 2.20. The van der Waals surface area contributed by atoms with E-state index < -0.39 is 0 Å². The van der Waals surface area contributed by atoms with E-state index in [1.807, 2.05) is 31.2 Å². The summed E-state index contributed by atoms with van der Waals surface area (Å²) >= 11 is 6.01. The third-order valence-electron chi connectivity index (χ3n) is 4.37. The molecule has 2 N–H and O–H groups in total. The van der Waals surface area contributed by atoms with E-state index in [9.17, 15) is 0 Å². The molecule has 2 aromatic heterocycles. The number of rotatable bonds is 5. The molecule has 1 aliphatic rings. The maximum Gasteiger partial charge on any atom is 0.129 e. The Labute approximate surface area is 151 Å². The Balaban J connectivity index is 1.42. The van der Waals surface area contributed by atoms with Crippen molar-refractivity contribution in [3.05, 3.63) is 46.6 Å². The number of benzene rings is 1. The lowest BCUT2D eigenvalue weighted by molar-refractivity contribution is 0.193. The lowest BCUT2D eigenvalue weighted by atomic mass is 10.0. The van der Waals surface area contributed by atoms with Crippen LogP contribution in [0, 0.1) is 6.92 Å². The quantitative estimate of drug-likeness (QED) is 0.731. The van der Waals surface area contributed by atoms with Gasteiger partial charge in [0.25, 0.3) is 0 Å². The van der Waals surface area contributed by atoms with Crippen LogP contribution in [-0.2, 0) is 11.2 Å². The number of aromatic nitrogens is 4. The molecule has 0 bridgehead atoms. The summed E-state index contributed by atoms with van der Waals surface area (Å²) in [6.45, 7) is 4.22. The van der Waals surface area contributed by atoms with Crippen molar-refractivity contribution in [2.24, 2.45) is 0 Å². The Morgan fingerprint density at radius 3 is 3.04 bits per heavy atom. The van der Waals surface area contributed by atoms with E-state index >= 15 is 0 Å². The molecule has 25 heavy (non-hydrogen) atoms. The van der Waals surface area contributed by atoms with Crippen molar-refractivity contribution >= 4 is 28.5 Å². The molecule has 1 aromatic carbocycles. The predicted molar refractivity (Wildman–Crippen MR) is 98.2 cm³/mol. The molecule has 6 nitrogen and oxygen atoms in total. The molecule has 0 aliphatic carbocycles. The number of nitrogens with zero attached hydrogens (tertiary/aromatic N) is 3. The first-order chi connectivity index (χ1) is 12.2. The molecule has 3 aromatic rings. The van der Waals surface area contributed by atoms with Crippen molar-refractivity contribution in [3.63, 3.8) is 0 Å². The Kier molecular flexibility index (Phi) is 4.55.